The third-order valence-corrected chi connectivity index (χ3v) is 5.49. The summed E-state index contributed by atoms with van der Waals surface area (Å²) in [5.74, 6) is -0.653. The summed E-state index contributed by atoms with van der Waals surface area (Å²) in [5.41, 5.74) is 0. The lowest BCUT2D eigenvalue weighted by Crippen LogP contribution is -2.58. The first kappa shape index (κ1) is 16.8. The summed E-state index contributed by atoms with van der Waals surface area (Å²) in [4.78, 5) is 37.3. The number of ether oxygens (including phenoxy) is 2. The molecule has 2 saturated heterocycles. The number of aliphatic hydroxyl groups is 1. The maximum absolute atomic E-state index is 12.1. The van der Waals surface area contributed by atoms with Gasteiger partial charge in [-0.3, -0.25) is 14.5 Å². The fourth-order valence-electron chi connectivity index (χ4n) is 2.90. The van der Waals surface area contributed by atoms with E-state index in [2.05, 4.69) is 11.9 Å². The zero-order chi connectivity index (χ0) is 17.3. The predicted octanol–water partition coefficient (Wildman–Crippen LogP) is 0.687. The fraction of sp³-hybridized carbons (Fsp3) is 0.533. The second kappa shape index (κ2) is 6.86. The summed E-state index contributed by atoms with van der Waals surface area (Å²) in [6, 6.07) is -0.0517. The van der Waals surface area contributed by atoms with E-state index in [1.165, 1.54) is 22.7 Å². The smallest absolute Gasteiger partial charge is 0.430 e. The number of β-lactam (4-membered cyclic amide) rings is 1. The van der Waals surface area contributed by atoms with Crippen LogP contribution in [0, 0.1) is 5.92 Å². The average Bonchev–Trinajstić information content (AvgIpc) is 3.08. The van der Waals surface area contributed by atoms with Crippen molar-refractivity contribution in [1.82, 2.24) is 10.2 Å². The van der Waals surface area contributed by atoms with Crippen LogP contribution in [0.4, 0.5) is 4.79 Å². The number of amides is 2. The molecule has 0 saturated carbocycles. The predicted molar refractivity (Wildman–Crippen MR) is 84.2 cm³/mol. The number of fused-ring (bicyclic) bond motifs is 1. The van der Waals surface area contributed by atoms with Gasteiger partial charge in [-0.15, -0.1) is 0 Å². The van der Waals surface area contributed by atoms with Crippen molar-refractivity contribution in [3.8, 4) is 0 Å². The molecule has 3 atom stereocenters. The molecule has 3 aliphatic heterocycles. The first-order valence-electron chi connectivity index (χ1n) is 7.63. The van der Waals surface area contributed by atoms with Crippen molar-refractivity contribution in [2.75, 3.05) is 13.2 Å². The summed E-state index contributed by atoms with van der Waals surface area (Å²) in [6.07, 6.45) is 2.12. The Labute approximate surface area is 142 Å². The van der Waals surface area contributed by atoms with Crippen LogP contribution in [-0.4, -0.2) is 52.6 Å². The van der Waals surface area contributed by atoms with Crippen molar-refractivity contribution in [3.63, 3.8) is 0 Å². The minimum atomic E-state index is -0.917. The van der Waals surface area contributed by atoms with Gasteiger partial charge in [0.15, 0.2) is 0 Å². The first-order chi connectivity index (χ1) is 11.5. The van der Waals surface area contributed by atoms with Crippen LogP contribution in [0.15, 0.2) is 23.4 Å². The molecular weight excluding hydrogens is 336 g/mol. The van der Waals surface area contributed by atoms with Crippen molar-refractivity contribution >= 4 is 29.7 Å². The molecule has 2 fully saturated rings. The topological polar surface area (TPSA) is 105 Å². The molecule has 3 rings (SSSR count). The van der Waals surface area contributed by atoms with E-state index in [1.54, 1.807) is 0 Å². The second-order valence-electron chi connectivity index (χ2n) is 5.69. The standard InChI is InChI=1S/C15H18N2O6S/c1-2-5-22-15(21)23-13-10(6-8-3-4-11(19)16-8)24-14-9(7-18)12(20)17(13)14/h2,8-9,14,18H,1,3-7H2,(H,16,19)/t8-,9+,14-/m1/s1. The van der Waals surface area contributed by atoms with Gasteiger partial charge < -0.3 is 19.9 Å². The van der Waals surface area contributed by atoms with Crippen molar-refractivity contribution in [3.05, 3.63) is 23.4 Å². The van der Waals surface area contributed by atoms with Crippen molar-refractivity contribution < 1.29 is 29.0 Å². The average molecular weight is 354 g/mol. The van der Waals surface area contributed by atoms with E-state index in [-0.39, 0.29) is 42.3 Å². The summed E-state index contributed by atoms with van der Waals surface area (Å²) in [5, 5.41) is 11.9. The van der Waals surface area contributed by atoms with Crippen LogP contribution in [0.1, 0.15) is 19.3 Å². The van der Waals surface area contributed by atoms with E-state index in [0.717, 1.165) is 0 Å². The molecule has 24 heavy (non-hydrogen) atoms. The number of aliphatic hydroxyl groups excluding tert-OH is 1. The molecule has 3 aliphatic rings. The van der Waals surface area contributed by atoms with Gasteiger partial charge in [0.25, 0.3) is 0 Å². The van der Waals surface area contributed by atoms with Crippen LogP contribution in [-0.2, 0) is 19.1 Å². The zero-order valence-corrected chi connectivity index (χ0v) is 13.7. The van der Waals surface area contributed by atoms with Crippen molar-refractivity contribution in [2.45, 2.75) is 30.7 Å². The number of hydrogen-bond acceptors (Lipinski definition) is 7. The number of nitrogens with one attached hydrogen (secondary N) is 1. The third kappa shape index (κ3) is 3.01. The Hall–Kier alpha value is -2.00. The normalized spacial score (nSPS) is 28.4. The van der Waals surface area contributed by atoms with Crippen molar-refractivity contribution in [2.24, 2.45) is 5.92 Å². The highest BCUT2D eigenvalue weighted by molar-refractivity contribution is 8.04. The Balaban J connectivity index is 1.75. The minimum Gasteiger partial charge on any atom is -0.430 e. The third-order valence-electron chi connectivity index (χ3n) is 4.09. The molecule has 0 bridgehead atoms. The van der Waals surface area contributed by atoms with Gasteiger partial charge in [-0.25, -0.2) is 4.79 Å². The first-order valence-corrected chi connectivity index (χ1v) is 8.51. The van der Waals surface area contributed by atoms with Crippen LogP contribution in [0.25, 0.3) is 0 Å². The quantitative estimate of drug-likeness (QED) is 0.411. The lowest BCUT2D eigenvalue weighted by Gasteiger charge is -2.40. The Kier molecular flexibility index (Phi) is 4.81. The molecule has 0 radical (unpaired) electrons. The summed E-state index contributed by atoms with van der Waals surface area (Å²) >= 11 is 1.38. The molecule has 8 nitrogen and oxygen atoms in total. The van der Waals surface area contributed by atoms with Crippen LogP contribution < -0.4 is 5.32 Å². The van der Waals surface area contributed by atoms with Gasteiger partial charge in [0.2, 0.25) is 17.7 Å². The highest BCUT2D eigenvalue weighted by Gasteiger charge is 2.55. The lowest BCUT2D eigenvalue weighted by atomic mass is 10.00. The lowest BCUT2D eigenvalue weighted by molar-refractivity contribution is -0.152. The largest absolute Gasteiger partial charge is 0.515 e. The molecule has 0 aliphatic carbocycles. The van der Waals surface area contributed by atoms with Gasteiger partial charge in [-0.05, 0) is 6.42 Å². The monoisotopic (exact) mass is 354 g/mol. The number of rotatable bonds is 6. The number of nitrogens with zero attached hydrogens (tertiary/aromatic N) is 1. The Morgan fingerprint density at radius 3 is 2.92 bits per heavy atom. The minimum absolute atomic E-state index is 0.00388. The Morgan fingerprint density at radius 2 is 2.29 bits per heavy atom. The molecule has 2 N–H and O–H groups in total. The van der Waals surface area contributed by atoms with Crippen LogP contribution >= 0.6 is 11.8 Å². The Bertz CT molecular complexity index is 619. The molecule has 9 heteroatoms. The summed E-state index contributed by atoms with van der Waals surface area (Å²) in [7, 11) is 0. The maximum atomic E-state index is 12.1. The van der Waals surface area contributed by atoms with Gasteiger partial charge in [-0.1, -0.05) is 24.4 Å². The second-order valence-corrected chi connectivity index (χ2v) is 6.90. The van der Waals surface area contributed by atoms with Crippen LogP contribution in [0.5, 0.6) is 0 Å². The van der Waals surface area contributed by atoms with E-state index in [4.69, 9.17) is 9.47 Å². The van der Waals surface area contributed by atoms with Crippen molar-refractivity contribution in [1.29, 1.82) is 0 Å². The molecule has 0 aromatic carbocycles. The van der Waals surface area contributed by atoms with Crippen LogP contribution in [0.3, 0.4) is 0 Å². The fourth-order valence-corrected chi connectivity index (χ4v) is 4.41. The zero-order valence-electron chi connectivity index (χ0n) is 12.9. The van der Waals surface area contributed by atoms with Gasteiger partial charge in [-0.2, -0.15) is 0 Å². The highest BCUT2D eigenvalue weighted by atomic mass is 32.2. The number of carbonyl (C=O) groups is 3. The van der Waals surface area contributed by atoms with Gasteiger partial charge in [0, 0.05) is 18.9 Å². The summed E-state index contributed by atoms with van der Waals surface area (Å²) in [6.45, 7) is 3.19. The van der Waals surface area contributed by atoms with Gasteiger partial charge >= 0.3 is 6.16 Å². The van der Waals surface area contributed by atoms with E-state index in [0.29, 0.717) is 24.2 Å². The maximum Gasteiger partial charge on any atom is 0.515 e. The SMILES string of the molecule is C=CCOC(=O)OC1=C(C[C@H]2CCC(=O)N2)S[C@@H]2[C@@H](CO)C(=O)N12. The van der Waals surface area contributed by atoms with E-state index in [9.17, 15) is 19.5 Å². The van der Waals surface area contributed by atoms with Crippen LogP contribution in [0.2, 0.25) is 0 Å². The van der Waals surface area contributed by atoms with E-state index in [1.807, 2.05) is 0 Å². The molecule has 0 aromatic heterocycles. The molecule has 0 spiro atoms. The molecule has 3 heterocycles. The number of thioether (sulfide) groups is 1. The van der Waals surface area contributed by atoms with E-state index < -0.39 is 12.1 Å². The molecule has 130 valence electrons. The molecule has 0 aromatic rings. The van der Waals surface area contributed by atoms with Gasteiger partial charge in [0.1, 0.15) is 12.0 Å². The van der Waals surface area contributed by atoms with Gasteiger partial charge in [0.05, 0.1) is 17.4 Å². The molecule has 2 amide bonds. The molecule has 0 unspecified atom stereocenters. The van der Waals surface area contributed by atoms with E-state index >= 15 is 0 Å². The number of carbonyl (C=O) groups excluding carboxylic acids is 3. The summed E-state index contributed by atoms with van der Waals surface area (Å²) < 4.78 is 10.0. The molecular formula is C15H18N2O6S. The Morgan fingerprint density at radius 1 is 1.50 bits per heavy atom. The highest BCUT2D eigenvalue weighted by Crippen LogP contribution is 2.51. The number of hydrogen-bond donors (Lipinski definition) is 2.